The van der Waals surface area contributed by atoms with Crippen molar-refractivity contribution in [3.8, 4) is 17.1 Å². The van der Waals surface area contributed by atoms with E-state index in [1.807, 2.05) is 24.3 Å². The van der Waals surface area contributed by atoms with Gasteiger partial charge in [0.2, 0.25) is 5.82 Å². The van der Waals surface area contributed by atoms with Crippen molar-refractivity contribution in [1.29, 1.82) is 0 Å². The van der Waals surface area contributed by atoms with Crippen LogP contribution in [0.4, 0.5) is 13.2 Å². The van der Waals surface area contributed by atoms with Gasteiger partial charge >= 0.3 is 12.1 Å². The Hall–Kier alpha value is -3.93. The summed E-state index contributed by atoms with van der Waals surface area (Å²) in [7, 11) is 0. The molecule has 3 aromatic rings. The number of carbonyl (C=O) groups excluding carboxylic acids is 2. The summed E-state index contributed by atoms with van der Waals surface area (Å²) in [5, 5.41) is 6.14. The molecule has 2 aliphatic heterocycles. The maximum absolute atomic E-state index is 13.3. The summed E-state index contributed by atoms with van der Waals surface area (Å²) in [6, 6.07) is 13.0. The van der Waals surface area contributed by atoms with E-state index >= 15 is 0 Å². The van der Waals surface area contributed by atoms with E-state index in [0.29, 0.717) is 25.3 Å². The number of benzene rings is 2. The van der Waals surface area contributed by atoms with Gasteiger partial charge in [0, 0.05) is 24.2 Å². The predicted molar refractivity (Wildman–Crippen MR) is 123 cm³/mol. The van der Waals surface area contributed by atoms with E-state index in [1.165, 1.54) is 24.3 Å². The van der Waals surface area contributed by atoms with Gasteiger partial charge in [-0.1, -0.05) is 35.5 Å². The monoisotopic (exact) mass is 516 g/mol. The minimum absolute atomic E-state index is 0.139. The largest absolute Gasteiger partial charge is 0.480 e. The number of fused-ring (bicyclic) bond motifs is 1. The quantitative estimate of drug-likeness (QED) is 0.556. The second-order valence-corrected chi connectivity index (χ2v) is 8.72. The van der Waals surface area contributed by atoms with Gasteiger partial charge in [-0.2, -0.15) is 18.2 Å². The van der Waals surface area contributed by atoms with Gasteiger partial charge < -0.3 is 24.2 Å². The topological polar surface area (TPSA) is 107 Å². The average molecular weight is 516 g/mol. The molecule has 2 atom stereocenters. The Kier molecular flexibility index (Phi) is 6.83. The first-order chi connectivity index (χ1) is 17.8. The van der Waals surface area contributed by atoms with E-state index in [1.54, 1.807) is 4.90 Å². The SMILES string of the molecule is O=C(NCC1COCCN1C(=O)C1CCc2ccccc2O1)c1ccc(-c2noc(C(F)(F)F)n2)cc1. The lowest BCUT2D eigenvalue weighted by Gasteiger charge is -2.38. The second kappa shape index (κ2) is 10.2. The number of carbonyl (C=O) groups is 2. The molecule has 12 heteroatoms. The number of aryl methyl sites for hydroxylation is 1. The molecule has 194 valence electrons. The van der Waals surface area contributed by atoms with Crippen LogP contribution in [0.3, 0.4) is 0 Å². The number of ether oxygens (including phenoxy) is 2. The normalized spacial score (nSPS) is 19.6. The molecule has 0 saturated carbocycles. The van der Waals surface area contributed by atoms with Crippen molar-refractivity contribution >= 4 is 11.8 Å². The van der Waals surface area contributed by atoms with Crippen molar-refractivity contribution < 1.29 is 36.8 Å². The number of amides is 2. The van der Waals surface area contributed by atoms with Crippen LogP contribution in [0.25, 0.3) is 11.4 Å². The smallest absolute Gasteiger partial charge is 0.471 e. The number of halogens is 3. The third-order valence-electron chi connectivity index (χ3n) is 6.28. The van der Waals surface area contributed by atoms with Crippen molar-refractivity contribution in [2.75, 3.05) is 26.3 Å². The highest BCUT2D eigenvalue weighted by atomic mass is 19.4. The molecule has 2 unspecified atom stereocenters. The van der Waals surface area contributed by atoms with Gasteiger partial charge in [0.05, 0.1) is 19.3 Å². The number of para-hydroxylation sites is 1. The Labute approximate surface area is 209 Å². The Morgan fingerprint density at radius 3 is 2.65 bits per heavy atom. The Balaban J connectivity index is 1.19. The Morgan fingerprint density at radius 1 is 1.11 bits per heavy atom. The third-order valence-corrected chi connectivity index (χ3v) is 6.28. The number of hydrogen-bond donors (Lipinski definition) is 1. The highest BCUT2D eigenvalue weighted by Crippen LogP contribution is 2.30. The highest BCUT2D eigenvalue weighted by Gasteiger charge is 2.38. The fraction of sp³-hybridized carbons (Fsp3) is 0.360. The molecule has 0 spiro atoms. The molecule has 0 radical (unpaired) electrons. The fourth-order valence-corrected chi connectivity index (χ4v) is 4.34. The zero-order valence-electron chi connectivity index (χ0n) is 19.5. The van der Waals surface area contributed by atoms with Crippen molar-refractivity contribution in [1.82, 2.24) is 20.4 Å². The molecule has 2 amide bonds. The van der Waals surface area contributed by atoms with Crippen molar-refractivity contribution in [2.24, 2.45) is 0 Å². The molecule has 2 aliphatic rings. The zero-order chi connectivity index (χ0) is 26.0. The summed E-state index contributed by atoms with van der Waals surface area (Å²) in [5.74, 6) is -1.51. The van der Waals surface area contributed by atoms with Gasteiger partial charge in [0.25, 0.3) is 11.8 Å². The van der Waals surface area contributed by atoms with Crippen molar-refractivity contribution in [3.05, 3.63) is 65.5 Å². The van der Waals surface area contributed by atoms with E-state index in [-0.39, 0.29) is 42.1 Å². The molecular weight excluding hydrogens is 493 g/mol. The lowest BCUT2D eigenvalue weighted by molar-refractivity contribution is -0.159. The fourth-order valence-electron chi connectivity index (χ4n) is 4.34. The summed E-state index contributed by atoms with van der Waals surface area (Å²) in [6.45, 7) is 1.22. The molecule has 5 rings (SSSR count). The number of hydrogen-bond acceptors (Lipinski definition) is 7. The van der Waals surface area contributed by atoms with Gasteiger partial charge in [0.1, 0.15) is 5.75 Å². The molecule has 2 aromatic carbocycles. The Morgan fingerprint density at radius 2 is 1.89 bits per heavy atom. The van der Waals surface area contributed by atoms with Crippen LogP contribution >= 0.6 is 0 Å². The summed E-state index contributed by atoms with van der Waals surface area (Å²) in [5.41, 5.74) is 1.62. The van der Waals surface area contributed by atoms with E-state index in [0.717, 1.165) is 12.0 Å². The second-order valence-electron chi connectivity index (χ2n) is 8.72. The van der Waals surface area contributed by atoms with Crippen LogP contribution in [-0.4, -0.2) is 65.3 Å². The van der Waals surface area contributed by atoms with Crippen molar-refractivity contribution in [2.45, 2.75) is 31.2 Å². The number of alkyl halides is 3. The predicted octanol–water partition coefficient (Wildman–Crippen LogP) is 3.11. The van der Waals surface area contributed by atoms with Crippen LogP contribution in [-0.2, 0) is 22.1 Å². The van der Waals surface area contributed by atoms with Gasteiger partial charge in [0.15, 0.2) is 6.10 Å². The first-order valence-electron chi connectivity index (χ1n) is 11.7. The first-order valence-corrected chi connectivity index (χ1v) is 11.7. The number of aromatic nitrogens is 2. The van der Waals surface area contributed by atoms with E-state index < -0.39 is 24.1 Å². The van der Waals surface area contributed by atoms with Gasteiger partial charge in [-0.05, 0) is 36.6 Å². The molecule has 1 aromatic heterocycles. The Bertz CT molecular complexity index is 1280. The number of nitrogens with zero attached hydrogens (tertiary/aromatic N) is 3. The third kappa shape index (κ3) is 5.43. The van der Waals surface area contributed by atoms with Gasteiger partial charge in [-0.25, -0.2) is 0 Å². The highest BCUT2D eigenvalue weighted by molar-refractivity contribution is 5.94. The van der Waals surface area contributed by atoms with E-state index in [9.17, 15) is 22.8 Å². The first kappa shape index (κ1) is 24.8. The number of rotatable bonds is 5. The van der Waals surface area contributed by atoms with Gasteiger partial charge in [-0.3, -0.25) is 9.59 Å². The number of nitrogens with one attached hydrogen (secondary N) is 1. The summed E-state index contributed by atoms with van der Waals surface area (Å²) in [6.07, 6.45) is -4.02. The summed E-state index contributed by atoms with van der Waals surface area (Å²) < 4.78 is 53.8. The molecule has 0 bridgehead atoms. The lowest BCUT2D eigenvalue weighted by Crippen LogP contribution is -2.57. The molecule has 1 saturated heterocycles. The van der Waals surface area contributed by atoms with Crippen molar-refractivity contribution in [3.63, 3.8) is 0 Å². The number of morpholine rings is 1. The molecular formula is C25H23F3N4O5. The molecule has 0 aliphatic carbocycles. The van der Waals surface area contributed by atoms with Crippen LogP contribution in [0.1, 0.15) is 28.2 Å². The van der Waals surface area contributed by atoms with Crippen LogP contribution in [0.5, 0.6) is 5.75 Å². The minimum Gasteiger partial charge on any atom is -0.480 e. The van der Waals surface area contributed by atoms with Gasteiger partial charge in [-0.15, -0.1) is 0 Å². The molecule has 3 heterocycles. The summed E-state index contributed by atoms with van der Waals surface area (Å²) in [4.78, 5) is 31.0. The van der Waals surface area contributed by atoms with Crippen LogP contribution in [0.15, 0.2) is 53.1 Å². The lowest BCUT2D eigenvalue weighted by atomic mass is 10.0. The van der Waals surface area contributed by atoms with Crippen LogP contribution < -0.4 is 10.1 Å². The zero-order valence-corrected chi connectivity index (χ0v) is 19.5. The molecule has 37 heavy (non-hydrogen) atoms. The standard InChI is InChI=1S/C25H23F3N4O5/c26-25(27,28)24-30-21(31-37-24)16-5-7-17(8-6-16)22(33)29-13-18-14-35-12-11-32(18)23(34)20-10-9-15-3-1-2-4-19(15)36-20/h1-8,18,20H,9-14H2,(H,29,33). The maximum Gasteiger partial charge on any atom is 0.471 e. The minimum atomic E-state index is -4.74. The summed E-state index contributed by atoms with van der Waals surface area (Å²) >= 11 is 0. The van der Waals surface area contributed by atoms with E-state index in [2.05, 4.69) is 20.0 Å². The van der Waals surface area contributed by atoms with Crippen LogP contribution in [0, 0.1) is 0 Å². The van der Waals surface area contributed by atoms with Crippen LogP contribution in [0.2, 0.25) is 0 Å². The molecule has 9 nitrogen and oxygen atoms in total. The molecule has 1 fully saturated rings. The van der Waals surface area contributed by atoms with E-state index in [4.69, 9.17) is 9.47 Å². The maximum atomic E-state index is 13.3. The molecule has 1 N–H and O–H groups in total. The average Bonchev–Trinajstić information content (AvgIpc) is 3.43.